The number of ether oxygens (including phenoxy) is 2. The minimum absolute atomic E-state index is 0.169. The predicted octanol–water partition coefficient (Wildman–Crippen LogP) is 3.70. The lowest BCUT2D eigenvalue weighted by molar-refractivity contribution is -0.141. The molecule has 2 heterocycles. The predicted molar refractivity (Wildman–Crippen MR) is 117 cm³/mol. The normalized spacial score (nSPS) is 11.6. The fourth-order valence-electron chi connectivity index (χ4n) is 3.06. The van der Waals surface area contributed by atoms with Crippen molar-refractivity contribution in [3.05, 3.63) is 78.1 Å². The van der Waals surface area contributed by atoms with Gasteiger partial charge in [0, 0.05) is 25.4 Å². The van der Waals surface area contributed by atoms with Crippen molar-refractivity contribution in [1.29, 1.82) is 0 Å². The molecule has 0 aliphatic heterocycles. The Bertz CT molecular complexity index is 1260. The number of hydrogen-bond donors (Lipinski definition) is 2. The van der Waals surface area contributed by atoms with Crippen molar-refractivity contribution in [3.63, 3.8) is 0 Å². The van der Waals surface area contributed by atoms with Crippen LogP contribution in [0.3, 0.4) is 0 Å². The Balaban J connectivity index is 1.56. The van der Waals surface area contributed by atoms with E-state index in [-0.39, 0.29) is 17.6 Å². The number of carbonyl (C=O) groups excluding carboxylic acids is 2. The summed E-state index contributed by atoms with van der Waals surface area (Å²) in [6.45, 7) is 0. The second-order valence-electron chi connectivity index (χ2n) is 6.72. The Morgan fingerprint density at radius 3 is 2.56 bits per heavy atom. The molecule has 0 unspecified atom stereocenters. The number of benzene rings is 2. The van der Waals surface area contributed by atoms with Crippen molar-refractivity contribution < 1.29 is 23.5 Å². The maximum Gasteiger partial charge on any atom is 0.333 e. The molecule has 2 aromatic heterocycles. The standard InChI is InChI=1S/C23H20N4O5/c1-24-21(28)18-12-16(10-11-25-18)31-15-8-9-17-19(13-15)32-23(26-17)27-20(22(29)30-2)14-6-4-3-5-7-14/h3-13,20H,1-2H3,(H,24,28)(H,26,27)/t20-/m1/s1. The number of rotatable bonds is 7. The number of nitrogens with one attached hydrogen (secondary N) is 2. The van der Waals surface area contributed by atoms with Gasteiger partial charge in [-0.1, -0.05) is 30.3 Å². The highest BCUT2D eigenvalue weighted by Gasteiger charge is 2.23. The summed E-state index contributed by atoms with van der Waals surface area (Å²) in [6, 6.07) is 16.8. The number of carbonyl (C=O) groups is 2. The van der Waals surface area contributed by atoms with E-state index >= 15 is 0 Å². The van der Waals surface area contributed by atoms with Gasteiger partial charge < -0.3 is 24.5 Å². The van der Waals surface area contributed by atoms with Crippen molar-refractivity contribution in [2.45, 2.75) is 6.04 Å². The van der Waals surface area contributed by atoms with E-state index in [0.717, 1.165) is 5.56 Å². The van der Waals surface area contributed by atoms with Gasteiger partial charge in [0.1, 0.15) is 22.7 Å². The minimum Gasteiger partial charge on any atom is -0.467 e. The Morgan fingerprint density at radius 2 is 1.81 bits per heavy atom. The second-order valence-corrected chi connectivity index (χ2v) is 6.72. The molecule has 0 radical (unpaired) electrons. The first-order valence-corrected chi connectivity index (χ1v) is 9.73. The zero-order valence-corrected chi connectivity index (χ0v) is 17.4. The van der Waals surface area contributed by atoms with Gasteiger partial charge in [-0.25, -0.2) is 4.79 Å². The highest BCUT2D eigenvalue weighted by atomic mass is 16.5. The summed E-state index contributed by atoms with van der Waals surface area (Å²) in [6.07, 6.45) is 1.49. The third kappa shape index (κ3) is 4.51. The third-order valence-corrected chi connectivity index (χ3v) is 4.62. The number of methoxy groups -OCH3 is 1. The minimum atomic E-state index is -0.773. The lowest BCUT2D eigenvalue weighted by Gasteiger charge is -2.15. The lowest BCUT2D eigenvalue weighted by atomic mass is 10.1. The molecule has 162 valence electrons. The number of fused-ring (bicyclic) bond motifs is 1. The largest absolute Gasteiger partial charge is 0.467 e. The number of pyridine rings is 1. The van der Waals surface area contributed by atoms with Crippen LogP contribution in [0.25, 0.3) is 11.1 Å². The summed E-state index contributed by atoms with van der Waals surface area (Å²) in [4.78, 5) is 32.4. The molecule has 0 bridgehead atoms. The van der Waals surface area contributed by atoms with Gasteiger partial charge in [0.25, 0.3) is 11.9 Å². The number of anilines is 1. The third-order valence-electron chi connectivity index (χ3n) is 4.62. The molecule has 9 heteroatoms. The van der Waals surface area contributed by atoms with Crippen molar-refractivity contribution in [3.8, 4) is 11.5 Å². The number of amides is 1. The molecule has 1 atom stereocenters. The Labute approximate surface area is 183 Å². The van der Waals surface area contributed by atoms with Crippen molar-refractivity contribution >= 4 is 29.0 Å². The molecule has 0 aliphatic rings. The summed E-state index contributed by atoms with van der Waals surface area (Å²) < 4.78 is 16.5. The zero-order valence-electron chi connectivity index (χ0n) is 17.4. The molecule has 2 aromatic carbocycles. The highest BCUT2D eigenvalue weighted by Crippen LogP contribution is 2.29. The van der Waals surface area contributed by atoms with E-state index in [9.17, 15) is 9.59 Å². The van der Waals surface area contributed by atoms with Gasteiger partial charge in [0.05, 0.1) is 7.11 Å². The van der Waals surface area contributed by atoms with E-state index in [1.165, 1.54) is 26.4 Å². The molecule has 9 nitrogen and oxygen atoms in total. The van der Waals surface area contributed by atoms with Gasteiger partial charge in [0.15, 0.2) is 11.6 Å². The molecular formula is C23H20N4O5. The summed E-state index contributed by atoms with van der Waals surface area (Å²) >= 11 is 0. The number of aromatic nitrogens is 2. The Hall–Kier alpha value is -4.40. The van der Waals surface area contributed by atoms with Gasteiger partial charge in [0.2, 0.25) is 0 Å². The van der Waals surface area contributed by atoms with Crippen molar-refractivity contribution in [2.75, 3.05) is 19.5 Å². The van der Waals surface area contributed by atoms with E-state index in [2.05, 4.69) is 20.6 Å². The Kier molecular flexibility index (Phi) is 5.98. The summed E-state index contributed by atoms with van der Waals surface area (Å²) in [5.74, 6) is 0.162. The maximum atomic E-state index is 12.3. The van der Waals surface area contributed by atoms with Crippen LogP contribution >= 0.6 is 0 Å². The number of oxazole rings is 1. The first-order chi connectivity index (χ1) is 15.6. The van der Waals surface area contributed by atoms with Crippen LogP contribution in [0.4, 0.5) is 6.01 Å². The lowest BCUT2D eigenvalue weighted by Crippen LogP contribution is -2.22. The number of hydrogen-bond acceptors (Lipinski definition) is 8. The molecule has 0 spiro atoms. The van der Waals surface area contributed by atoms with Crippen LogP contribution < -0.4 is 15.4 Å². The monoisotopic (exact) mass is 432 g/mol. The molecule has 0 aliphatic carbocycles. The molecule has 32 heavy (non-hydrogen) atoms. The van der Waals surface area contributed by atoms with Crippen molar-refractivity contribution in [1.82, 2.24) is 15.3 Å². The molecule has 4 aromatic rings. The molecular weight excluding hydrogens is 412 g/mol. The number of nitrogens with zero attached hydrogens (tertiary/aromatic N) is 2. The average Bonchev–Trinajstić information content (AvgIpc) is 3.24. The van der Waals surface area contributed by atoms with Crippen LogP contribution in [0.1, 0.15) is 22.1 Å². The summed E-state index contributed by atoms with van der Waals surface area (Å²) in [7, 11) is 2.86. The number of esters is 1. The van der Waals surface area contributed by atoms with Crippen LogP contribution in [0.2, 0.25) is 0 Å². The van der Waals surface area contributed by atoms with Gasteiger partial charge in [-0.05, 0) is 23.8 Å². The SMILES string of the molecule is CNC(=O)c1cc(Oc2ccc3nc(N[C@@H](C(=O)OC)c4ccccc4)oc3c2)ccn1. The Morgan fingerprint density at radius 1 is 1.03 bits per heavy atom. The molecule has 2 N–H and O–H groups in total. The van der Waals surface area contributed by atoms with Gasteiger partial charge in [-0.2, -0.15) is 4.98 Å². The second kappa shape index (κ2) is 9.17. The van der Waals surface area contributed by atoms with E-state index < -0.39 is 12.0 Å². The molecule has 4 rings (SSSR count). The van der Waals surface area contributed by atoms with Gasteiger partial charge in [-0.3, -0.25) is 9.78 Å². The van der Waals surface area contributed by atoms with Crippen LogP contribution in [0.5, 0.6) is 11.5 Å². The van der Waals surface area contributed by atoms with Gasteiger partial charge in [-0.15, -0.1) is 0 Å². The van der Waals surface area contributed by atoms with E-state index in [1.54, 1.807) is 24.3 Å². The first-order valence-electron chi connectivity index (χ1n) is 9.73. The molecule has 1 amide bonds. The summed E-state index contributed by atoms with van der Waals surface area (Å²) in [5, 5.41) is 5.50. The first kappa shape index (κ1) is 20.9. The highest BCUT2D eigenvalue weighted by molar-refractivity contribution is 5.92. The van der Waals surface area contributed by atoms with E-state index in [4.69, 9.17) is 13.9 Å². The van der Waals surface area contributed by atoms with Crippen LogP contribution in [-0.2, 0) is 9.53 Å². The van der Waals surface area contributed by atoms with E-state index in [0.29, 0.717) is 22.6 Å². The molecule has 0 saturated carbocycles. The van der Waals surface area contributed by atoms with Crippen LogP contribution in [-0.4, -0.2) is 36.0 Å². The van der Waals surface area contributed by atoms with Gasteiger partial charge >= 0.3 is 5.97 Å². The van der Waals surface area contributed by atoms with E-state index in [1.807, 2.05) is 30.3 Å². The van der Waals surface area contributed by atoms with Crippen molar-refractivity contribution in [2.24, 2.45) is 0 Å². The summed E-state index contributed by atoms with van der Waals surface area (Å²) in [5.41, 5.74) is 2.00. The fraction of sp³-hybridized carbons (Fsp3) is 0.130. The quantitative estimate of drug-likeness (QED) is 0.425. The average molecular weight is 432 g/mol. The maximum absolute atomic E-state index is 12.3. The molecule has 0 fully saturated rings. The topological polar surface area (TPSA) is 116 Å². The van der Waals surface area contributed by atoms with Crippen LogP contribution in [0.15, 0.2) is 71.3 Å². The molecule has 0 saturated heterocycles. The smallest absolute Gasteiger partial charge is 0.333 e. The van der Waals surface area contributed by atoms with Crippen LogP contribution in [0, 0.1) is 0 Å². The fourth-order valence-corrected chi connectivity index (χ4v) is 3.06. The zero-order chi connectivity index (χ0) is 22.5.